The zero-order valence-electron chi connectivity index (χ0n) is 12.5. The van der Waals surface area contributed by atoms with Gasteiger partial charge in [-0.25, -0.2) is 0 Å². The molecule has 2 rings (SSSR count). The molecule has 19 heavy (non-hydrogen) atoms. The van der Waals surface area contributed by atoms with Crippen molar-refractivity contribution in [3.63, 3.8) is 0 Å². The SMILES string of the molecule is CC[Si](CC)(OC)OC(OC1CCC1)OC1CCC1. The zero-order chi connectivity index (χ0) is 13.7. The first-order valence-corrected chi connectivity index (χ1v) is 9.98. The molecule has 112 valence electrons. The van der Waals surface area contributed by atoms with Crippen LogP contribution in [0, 0.1) is 0 Å². The van der Waals surface area contributed by atoms with E-state index in [1.165, 1.54) is 12.8 Å². The van der Waals surface area contributed by atoms with Crippen molar-refractivity contribution in [3.8, 4) is 0 Å². The van der Waals surface area contributed by atoms with Gasteiger partial charge in [0.15, 0.2) is 0 Å². The highest BCUT2D eigenvalue weighted by Crippen LogP contribution is 2.30. The first kappa shape index (κ1) is 15.4. The highest BCUT2D eigenvalue weighted by molar-refractivity contribution is 6.67. The van der Waals surface area contributed by atoms with E-state index in [2.05, 4.69) is 13.8 Å². The Labute approximate surface area is 118 Å². The summed E-state index contributed by atoms with van der Waals surface area (Å²) in [4.78, 5) is 0. The minimum atomic E-state index is -2.14. The van der Waals surface area contributed by atoms with Gasteiger partial charge in [-0.1, -0.05) is 13.8 Å². The Hall–Kier alpha value is 0.0569. The molecule has 0 atom stereocenters. The van der Waals surface area contributed by atoms with Crippen molar-refractivity contribution in [2.45, 2.75) is 83.1 Å². The van der Waals surface area contributed by atoms with E-state index in [4.69, 9.17) is 18.3 Å². The van der Waals surface area contributed by atoms with Crippen LogP contribution < -0.4 is 0 Å². The topological polar surface area (TPSA) is 36.9 Å². The Morgan fingerprint density at radius 1 is 0.947 bits per heavy atom. The van der Waals surface area contributed by atoms with Crippen LogP contribution in [0.15, 0.2) is 0 Å². The van der Waals surface area contributed by atoms with E-state index in [-0.39, 0.29) is 0 Å². The number of hydrogen-bond acceptors (Lipinski definition) is 4. The van der Waals surface area contributed by atoms with Crippen LogP contribution >= 0.6 is 0 Å². The van der Waals surface area contributed by atoms with Crippen LogP contribution in [-0.4, -0.2) is 34.4 Å². The second-order valence-electron chi connectivity index (χ2n) is 5.61. The van der Waals surface area contributed by atoms with Crippen molar-refractivity contribution in [1.82, 2.24) is 0 Å². The molecule has 0 aliphatic heterocycles. The van der Waals surface area contributed by atoms with E-state index in [1.54, 1.807) is 7.11 Å². The van der Waals surface area contributed by atoms with E-state index in [0.717, 1.165) is 37.8 Å². The minimum absolute atomic E-state index is 0.322. The van der Waals surface area contributed by atoms with Crippen LogP contribution in [0.2, 0.25) is 12.1 Å². The summed E-state index contributed by atoms with van der Waals surface area (Å²) >= 11 is 0. The fourth-order valence-electron chi connectivity index (χ4n) is 2.34. The standard InChI is InChI=1S/C14H28O4Si/c1-4-19(5-2,15-3)18-14(16-12-8-6-9-12)17-13-10-7-11-13/h12-14H,4-11H2,1-3H3. The Kier molecular flexibility index (Phi) is 5.83. The van der Waals surface area contributed by atoms with Crippen molar-refractivity contribution < 1.29 is 18.3 Å². The van der Waals surface area contributed by atoms with Gasteiger partial charge in [-0.2, -0.15) is 0 Å². The lowest BCUT2D eigenvalue weighted by Crippen LogP contribution is -2.47. The maximum Gasteiger partial charge on any atom is 0.341 e. The molecule has 2 fully saturated rings. The number of rotatable bonds is 9. The van der Waals surface area contributed by atoms with E-state index < -0.39 is 15.0 Å². The maximum atomic E-state index is 6.17. The van der Waals surface area contributed by atoms with Crippen molar-refractivity contribution in [1.29, 1.82) is 0 Å². The quantitative estimate of drug-likeness (QED) is 0.480. The second kappa shape index (κ2) is 7.18. The van der Waals surface area contributed by atoms with Gasteiger partial charge in [-0.05, 0) is 50.6 Å². The number of hydrogen-bond donors (Lipinski definition) is 0. The molecule has 5 heteroatoms. The third kappa shape index (κ3) is 4.01. The molecule has 4 nitrogen and oxygen atoms in total. The molecule has 0 aromatic carbocycles. The smallest absolute Gasteiger partial charge is 0.341 e. The summed E-state index contributed by atoms with van der Waals surface area (Å²) in [6.07, 6.45) is 7.69. The van der Waals surface area contributed by atoms with Crippen molar-refractivity contribution >= 4 is 8.56 Å². The lowest BCUT2D eigenvalue weighted by atomic mass is 9.96. The van der Waals surface area contributed by atoms with Crippen LogP contribution in [-0.2, 0) is 18.3 Å². The fraction of sp³-hybridized carbons (Fsp3) is 1.00. The molecule has 0 aromatic heterocycles. The molecule has 0 saturated heterocycles. The van der Waals surface area contributed by atoms with Crippen molar-refractivity contribution in [2.75, 3.05) is 7.11 Å². The Bertz CT molecular complexity index is 238. The van der Waals surface area contributed by atoms with E-state index in [9.17, 15) is 0 Å². The van der Waals surface area contributed by atoms with Gasteiger partial charge < -0.3 is 18.3 Å². The predicted molar refractivity (Wildman–Crippen MR) is 76.0 cm³/mol. The lowest BCUT2D eigenvalue weighted by molar-refractivity contribution is -0.308. The van der Waals surface area contributed by atoms with Gasteiger partial charge in [-0.15, -0.1) is 0 Å². The Morgan fingerprint density at radius 3 is 1.68 bits per heavy atom. The van der Waals surface area contributed by atoms with Crippen molar-refractivity contribution in [3.05, 3.63) is 0 Å². The van der Waals surface area contributed by atoms with Gasteiger partial charge in [0, 0.05) is 7.11 Å². The normalized spacial score (nSPS) is 21.5. The molecule has 2 aliphatic carbocycles. The van der Waals surface area contributed by atoms with E-state index >= 15 is 0 Å². The molecular weight excluding hydrogens is 260 g/mol. The first-order chi connectivity index (χ1) is 9.21. The Balaban J connectivity index is 1.89. The summed E-state index contributed by atoms with van der Waals surface area (Å²) in [5, 5.41) is 0. The van der Waals surface area contributed by atoms with Gasteiger partial charge >= 0.3 is 8.56 Å². The molecule has 2 saturated carbocycles. The average molecular weight is 288 g/mol. The van der Waals surface area contributed by atoms with Crippen LogP contribution in [0.3, 0.4) is 0 Å². The summed E-state index contributed by atoms with van der Waals surface area (Å²) in [5.41, 5.74) is 0. The summed E-state index contributed by atoms with van der Waals surface area (Å²) in [6.45, 7) is 3.74. The predicted octanol–water partition coefficient (Wildman–Crippen LogP) is 3.55. The molecule has 0 bridgehead atoms. The summed E-state index contributed by atoms with van der Waals surface area (Å²) in [7, 11) is -0.389. The van der Waals surface area contributed by atoms with Crippen LogP contribution in [0.25, 0.3) is 0 Å². The lowest BCUT2D eigenvalue weighted by Gasteiger charge is -2.38. The summed E-state index contributed by atoms with van der Waals surface area (Å²) in [5.74, 6) is 0. The van der Waals surface area contributed by atoms with Gasteiger partial charge in [0.05, 0.1) is 12.2 Å². The van der Waals surface area contributed by atoms with Crippen LogP contribution in [0.4, 0.5) is 0 Å². The van der Waals surface area contributed by atoms with Gasteiger partial charge in [0.25, 0.3) is 6.48 Å². The third-order valence-corrected chi connectivity index (χ3v) is 7.99. The van der Waals surface area contributed by atoms with E-state index in [0.29, 0.717) is 12.2 Å². The monoisotopic (exact) mass is 288 g/mol. The molecule has 0 aromatic rings. The molecule has 0 unspecified atom stereocenters. The number of ether oxygens (including phenoxy) is 2. The summed E-state index contributed by atoms with van der Waals surface area (Å²) in [6, 6.07) is 1.86. The van der Waals surface area contributed by atoms with Crippen LogP contribution in [0.1, 0.15) is 52.4 Å². The van der Waals surface area contributed by atoms with Gasteiger partial charge in [-0.3, -0.25) is 0 Å². The summed E-state index contributed by atoms with van der Waals surface area (Å²) < 4.78 is 23.8. The fourth-order valence-corrected chi connectivity index (χ4v) is 4.31. The molecule has 0 N–H and O–H groups in total. The van der Waals surface area contributed by atoms with Crippen LogP contribution in [0.5, 0.6) is 0 Å². The Morgan fingerprint density at radius 2 is 1.42 bits per heavy atom. The van der Waals surface area contributed by atoms with Gasteiger partial charge in [0.1, 0.15) is 0 Å². The molecular formula is C14H28O4Si. The maximum absolute atomic E-state index is 6.17. The second-order valence-corrected chi connectivity index (χ2v) is 9.49. The van der Waals surface area contributed by atoms with Crippen molar-refractivity contribution in [2.24, 2.45) is 0 Å². The molecule has 0 heterocycles. The molecule has 2 aliphatic rings. The molecule has 0 radical (unpaired) electrons. The molecule has 0 amide bonds. The molecule has 0 spiro atoms. The van der Waals surface area contributed by atoms with Gasteiger partial charge in [0.2, 0.25) is 0 Å². The largest absolute Gasteiger partial charge is 0.398 e. The minimum Gasteiger partial charge on any atom is -0.398 e. The van der Waals surface area contributed by atoms with E-state index in [1.807, 2.05) is 0 Å². The third-order valence-electron chi connectivity index (χ3n) is 4.47. The zero-order valence-corrected chi connectivity index (χ0v) is 13.5. The first-order valence-electron chi connectivity index (χ1n) is 7.75. The highest BCUT2D eigenvalue weighted by Gasteiger charge is 2.39. The average Bonchev–Trinajstić information content (AvgIpc) is 2.34. The highest BCUT2D eigenvalue weighted by atomic mass is 28.4.